The summed E-state index contributed by atoms with van der Waals surface area (Å²) in [5.74, 6) is 3.19. The molecule has 1 aliphatic carbocycles. The molecule has 1 unspecified atom stereocenters. The van der Waals surface area contributed by atoms with E-state index in [0.717, 1.165) is 48.0 Å². The molecular formula is C25H33N5O2. The van der Waals surface area contributed by atoms with Gasteiger partial charge in [-0.25, -0.2) is 0 Å². The lowest BCUT2D eigenvalue weighted by Gasteiger charge is -2.27. The van der Waals surface area contributed by atoms with Crippen molar-refractivity contribution in [3.05, 3.63) is 42.0 Å². The number of hydrogen-bond acceptors (Lipinski definition) is 6. The predicted octanol–water partition coefficient (Wildman–Crippen LogP) is 3.05. The van der Waals surface area contributed by atoms with E-state index in [4.69, 9.17) is 4.74 Å². The third-order valence-electron chi connectivity index (χ3n) is 7.37. The Bertz CT molecular complexity index is 897. The van der Waals surface area contributed by atoms with E-state index >= 15 is 0 Å². The van der Waals surface area contributed by atoms with E-state index < -0.39 is 0 Å². The lowest BCUT2D eigenvalue weighted by atomic mass is 10.00. The number of carbonyl (C=O) groups excluding carboxylic acids is 1. The molecule has 3 heterocycles. The maximum atomic E-state index is 11.7. The molecule has 1 saturated carbocycles. The van der Waals surface area contributed by atoms with Gasteiger partial charge in [0.2, 0.25) is 0 Å². The molecule has 2 N–H and O–H groups in total. The molecule has 7 heteroatoms. The van der Waals surface area contributed by atoms with E-state index in [1.54, 1.807) is 7.05 Å². The van der Waals surface area contributed by atoms with E-state index in [1.807, 2.05) is 36.4 Å². The Kier molecular flexibility index (Phi) is 6.37. The highest BCUT2D eigenvalue weighted by molar-refractivity contribution is 5.94. The van der Waals surface area contributed by atoms with Crippen LogP contribution in [0.25, 0.3) is 11.3 Å². The first-order valence-corrected chi connectivity index (χ1v) is 11.9. The fourth-order valence-corrected chi connectivity index (χ4v) is 5.67. The smallest absolute Gasteiger partial charge is 0.251 e. The van der Waals surface area contributed by atoms with Gasteiger partial charge in [-0.2, -0.15) is 0 Å². The zero-order valence-corrected chi connectivity index (χ0v) is 18.8. The van der Waals surface area contributed by atoms with Gasteiger partial charge >= 0.3 is 0 Å². The quantitative estimate of drug-likeness (QED) is 0.726. The number of amides is 1. The molecule has 0 bridgehead atoms. The second-order valence-electron chi connectivity index (χ2n) is 9.57. The summed E-state index contributed by atoms with van der Waals surface area (Å²) in [5.41, 5.74) is 2.41. The second kappa shape index (κ2) is 9.55. The van der Waals surface area contributed by atoms with Crippen LogP contribution in [0.5, 0.6) is 0 Å². The zero-order chi connectivity index (χ0) is 21.9. The molecule has 3 atom stereocenters. The maximum Gasteiger partial charge on any atom is 0.251 e. The summed E-state index contributed by atoms with van der Waals surface area (Å²) in [7, 11) is 1.63. The Morgan fingerprint density at radius 1 is 1.03 bits per heavy atom. The van der Waals surface area contributed by atoms with Crippen LogP contribution >= 0.6 is 0 Å². The first-order valence-electron chi connectivity index (χ1n) is 11.9. The topological polar surface area (TPSA) is 79.4 Å². The van der Waals surface area contributed by atoms with Gasteiger partial charge in [0.25, 0.3) is 5.91 Å². The molecule has 170 valence electrons. The number of nitrogens with zero attached hydrogens (tertiary/aromatic N) is 3. The average Bonchev–Trinajstić information content (AvgIpc) is 3.37. The minimum Gasteiger partial charge on any atom is -0.381 e. The van der Waals surface area contributed by atoms with Gasteiger partial charge in [-0.1, -0.05) is 12.1 Å². The summed E-state index contributed by atoms with van der Waals surface area (Å²) in [5, 5.41) is 15.1. The third-order valence-corrected chi connectivity index (χ3v) is 7.37. The Morgan fingerprint density at radius 3 is 2.38 bits per heavy atom. The molecule has 32 heavy (non-hydrogen) atoms. The molecule has 0 spiro atoms. The fourth-order valence-electron chi connectivity index (χ4n) is 5.67. The van der Waals surface area contributed by atoms with Crippen molar-refractivity contribution in [1.82, 2.24) is 20.4 Å². The number of anilines is 1. The van der Waals surface area contributed by atoms with Crippen LogP contribution in [-0.2, 0) is 4.74 Å². The van der Waals surface area contributed by atoms with Crippen molar-refractivity contribution in [1.29, 1.82) is 0 Å². The maximum absolute atomic E-state index is 11.7. The summed E-state index contributed by atoms with van der Waals surface area (Å²) in [6.07, 6.45) is 4.89. The Morgan fingerprint density at radius 2 is 1.75 bits per heavy atom. The van der Waals surface area contributed by atoms with Crippen LogP contribution in [0.3, 0.4) is 0 Å². The van der Waals surface area contributed by atoms with Crippen LogP contribution in [0.4, 0.5) is 5.82 Å². The SMILES string of the molecule is CNC(=O)c1ccc(-c2ccc(NC3C[C@@H]4CN(CC5CCOCC5)C[C@@H]4C3)nn2)cc1. The Labute approximate surface area is 189 Å². The molecule has 2 aliphatic heterocycles. The fraction of sp³-hybridized carbons (Fsp3) is 0.560. The molecular weight excluding hydrogens is 402 g/mol. The number of hydrogen-bond donors (Lipinski definition) is 2. The van der Waals surface area contributed by atoms with E-state index in [0.29, 0.717) is 11.6 Å². The highest BCUT2D eigenvalue weighted by Crippen LogP contribution is 2.39. The monoisotopic (exact) mass is 435 g/mol. The van der Waals surface area contributed by atoms with Crippen molar-refractivity contribution in [2.24, 2.45) is 17.8 Å². The van der Waals surface area contributed by atoms with Gasteiger partial charge < -0.3 is 20.3 Å². The normalized spacial score (nSPS) is 26.1. The lowest BCUT2D eigenvalue weighted by molar-refractivity contribution is 0.0545. The molecule has 1 aromatic heterocycles. The first-order chi connectivity index (χ1) is 15.7. The van der Waals surface area contributed by atoms with Crippen molar-refractivity contribution >= 4 is 11.7 Å². The highest BCUT2D eigenvalue weighted by atomic mass is 16.5. The van der Waals surface area contributed by atoms with Gasteiger partial charge in [0.1, 0.15) is 5.82 Å². The van der Waals surface area contributed by atoms with E-state index in [2.05, 4.69) is 25.7 Å². The largest absolute Gasteiger partial charge is 0.381 e. The Hall–Kier alpha value is -2.51. The molecule has 0 radical (unpaired) electrons. The van der Waals surface area contributed by atoms with Crippen LogP contribution in [0, 0.1) is 17.8 Å². The lowest BCUT2D eigenvalue weighted by Crippen LogP contribution is -2.32. The van der Waals surface area contributed by atoms with Gasteiger partial charge in [-0.3, -0.25) is 4.79 Å². The van der Waals surface area contributed by atoms with Crippen LogP contribution in [-0.4, -0.2) is 66.9 Å². The third kappa shape index (κ3) is 4.79. The molecule has 5 rings (SSSR count). The number of ether oxygens (including phenoxy) is 1. The number of rotatable bonds is 6. The number of likely N-dealkylation sites (tertiary alicyclic amines) is 1. The summed E-state index contributed by atoms with van der Waals surface area (Å²) >= 11 is 0. The average molecular weight is 436 g/mol. The van der Waals surface area contributed by atoms with Crippen LogP contribution in [0.2, 0.25) is 0 Å². The van der Waals surface area contributed by atoms with E-state index in [-0.39, 0.29) is 5.91 Å². The number of carbonyl (C=O) groups is 1. The Balaban J connectivity index is 1.12. The minimum atomic E-state index is -0.0878. The first kappa shape index (κ1) is 21.3. The molecule has 3 fully saturated rings. The van der Waals surface area contributed by atoms with Gasteiger partial charge in [0, 0.05) is 57.1 Å². The highest BCUT2D eigenvalue weighted by Gasteiger charge is 2.41. The van der Waals surface area contributed by atoms with Crippen LogP contribution < -0.4 is 10.6 Å². The van der Waals surface area contributed by atoms with Crippen molar-refractivity contribution < 1.29 is 9.53 Å². The van der Waals surface area contributed by atoms with Crippen molar-refractivity contribution in [2.45, 2.75) is 31.7 Å². The summed E-state index contributed by atoms with van der Waals surface area (Å²) in [6.45, 7) is 5.64. The molecule has 1 aromatic carbocycles. The zero-order valence-electron chi connectivity index (χ0n) is 18.8. The van der Waals surface area contributed by atoms with Crippen molar-refractivity contribution in [2.75, 3.05) is 45.2 Å². The van der Waals surface area contributed by atoms with Gasteiger partial charge in [0.15, 0.2) is 0 Å². The number of fused-ring (bicyclic) bond motifs is 1. The van der Waals surface area contributed by atoms with E-state index in [1.165, 1.54) is 45.3 Å². The predicted molar refractivity (Wildman–Crippen MR) is 124 cm³/mol. The number of nitrogens with one attached hydrogen (secondary N) is 2. The second-order valence-corrected chi connectivity index (χ2v) is 9.57. The summed E-state index contributed by atoms with van der Waals surface area (Å²) in [6, 6.07) is 11.9. The van der Waals surface area contributed by atoms with Crippen LogP contribution in [0.15, 0.2) is 36.4 Å². The van der Waals surface area contributed by atoms with Crippen molar-refractivity contribution in [3.63, 3.8) is 0 Å². The van der Waals surface area contributed by atoms with Crippen molar-refractivity contribution in [3.8, 4) is 11.3 Å². The molecule has 7 nitrogen and oxygen atoms in total. The van der Waals surface area contributed by atoms with Crippen LogP contribution in [0.1, 0.15) is 36.0 Å². The van der Waals surface area contributed by atoms with Gasteiger partial charge in [0.05, 0.1) is 5.69 Å². The molecule has 2 aromatic rings. The number of aromatic nitrogens is 2. The molecule has 1 amide bonds. The van der Waals surface area contributed by atoms with Gasteiger partial charge in [-0.15, -0.1) is 10.2 Å². The standard InChI is InChI=1S/C25H33N5O2/c1-26-25(31)19-4-2-18(3-5-19)23-6-7-24(29-28-23)27-22-12-20-15-30(16-21(20)13-22)14-17-8-10-32-11-9-17/h2-7,17,20-22H,8-16H2,1H3,(H,26,31)(H,27,29)/t20-,21+,22?. The summed E-state index contributed by atoms with van der Waals surface area (Å²) in [4.78, 5) is 14.4. The van der Waals surface area contributed by atoms with E-state index in [9.17, 15) is 4.79 Å². The van der Waals surface area contributed by atoms with Gasteiger partial charge in [-0.05, 0) is 67.7 Å². The summed E-state index contributed by atoms with van der Waals surface area (Å²) < 4.78 is 5.51. The molecule has 2 saturated heterocycles. The number of benzene rings is 1. The molecule has 3 aliphatic rings. The minimum absolute atomic E-state index is 0.0878.